The van der Waals surface area contributed by atoms with Gasteiger partial charge < -0.3 is 5.11 Å². The van der Waals surface area contributed by atoms with Gasteiger partial charge in [0.2, 0.25) is 0 Å². The normalized spacial score (nSPS) is 36.2. The van der Waals surface area contributed by atoms with Crippen molar-refractivity contribution in [3.8, 4) is 0 Å². The average Bonchev–Trinajstić information content (AvgIpc) is 1.85. The molecule has 1 nitrogen and oxygen atoms in total. The molecule has 1 rings (SSSR count). The van der Waals surface area contributed by atoms with Gasteiger partial charge >= 0.3 is 29.6 Å². The predicted molar refractivity (Wildman–Crippen MR) is 54.5 cm³/mol. The van der Waals surface area contributed by atoms with E-state index in [-0.39, 0.29) is 35.7 Å². The summed E-state index contributed by atoms with van der Waals surface area (Å²) >= 11 is 0. The zero-order chi connectivity index (χ0) is 8.43. The quantitative estimate of drug-likeness (QED) is 0.610. The molecule has 1 N–H and O–H groups in total. The summed E-state index contributed by atoms with van der Waals surface area (Å²) in [4.78, 5) is 0. The Labute approximate surface area is 98.2 Å². The summed E-state index contributed by atoms with van der Waals surface area (Å²) in [5, 5.41) is 9.71. The van der Waals surface area contributed by atoms with Crippen LogP contribution in [0.15, 0.2) is 0 Å². The molecule has 68 valence electrons. The van der Waals surface area contributed by atoms with Crippen LogP contribution in [0.2, 0.25) is 0 Å². The van der Waals surface area contributed by atoms with Crippen molar-refractivity contribution in [2.75, 3.05) is 0 Å². The number of aliphatic hydroxyl groups excluding tert-OH is 1. The van der Waals surface area contributed by atoms with Gasteiger partial charge in [-0.15, -0.1) is 0 Å². The van der Waals surface area contributed by atoms with Crippen LogP contribution in [0.4, 0.5) is 0 Å². The van der Waals surface area contributed by atoms with Crippen LogP contribution in [0, 0.1) is 17.8 Å². The Kier molecular flexibility index (Phi) is 6.09. The third-order valence-electron chi connectivity index (χ3n) is 2.99. The molecule has 0 saturated heterocycles. The molecule has 0 heterocycles. The molecule has 1 fully saturated rings. The second-order valence-corrected chi connectivity index (χ2v) is 4.39. The van der Waals surface area contributed by atoms with Crippen LogP contribution in [-0.2, 0) is 0 Å². The third-order valence-corrected chi connectivity index (χ3v) is 2.99. The summed E-state index contributed by atoms with van der Waals surface area (Å²) in [6.45, 7) is 6.66. The van der Waals surface area contributed by atoms with Crippen LogP contribution in [0.5, 0.6) is 0 Å². The third kappa shape index (κ3) is 3.37. The molecule has 0 unspecified atom stereocenters. The molecule has 2 heteroatoms. The van der Waals surface area contributed by atoms with E-state index in [9.17, 15) is 5.11 Å². The van der Waals surface area contributed by atoms with Crippen molar-refractivity contribution in [1.82, 2.24) is 0 Å². The van der Waals surface area contributed by atoms with Crippen LogP contribution in [0.1, 0.15) is 40.0 Å². The van der Waals surface area contributed by atoms with Crippen molar-refractivity contribution in [2.45, 2.75) is 46.1 Å². The molecular weight excluding hydrogens is 159 g/mol. The molecule has 1 saturated carbocycles. The van der Waals surface area contributed by atoms with Crippen LogP contribution >= 0.6 is 0 Å². The second kappa shape index (κ2) is 5.64. The topological polar surface area (TPSA) is 20.2 Å². The van der Waals surface area contributed by atoms with Crippen molar-refractivity contribution in [3.63, 3.8) is 0 Å². The van der Waals surface area contributed by atoms with Crippen molar-refractivity contribution < 1.29 is 5.11 Å². The SMILES string of the molecule is CC(C)[C@H]1CC[C@H](C)C[C@@H]1O.[NaH]. The fourth-order valence-corrected chi connectivity index (χ4v) is 2.15. The summed E-state index contributed by atoms with van der Waals surface area (Å²) in [5.74, 6) is 1.95. The Bertz CT molecular complexity index is 125. The molecule has 0 amide bonds. The molecule has 0 spiro atoms. The van der Waals surface area contributed by atoms with Crippen LogP contribution in [0.3, 0.4) is 0 Å². The first-order chi connectivity index (χ1) is 5.11. The molecule has 0 aromatic heterocycles. The van der Waals surface area contributed by atoms with Crippen LogP contribution in [-0.4, -0.2) is 40.8 Å². The summed E-state index contributed by atoms with van der Waals surface area (Å²) < 4.78 is 0. The Morgan fingerprint density at radius 3 is 2.25 bits per heavy atom. The molecule has 0 radical (unpaired) electrons. The van der Waals surface area contributed by atoms with Gasteiger partial charge in [-0.25, -0.2) is 0 Å². The predicted octanol–water partition coefficient (Wildman–Crippen LogP) is 1.79. The fourth-order valence-electron chi connectivity index (χ4n) is 2.15. The molecule has 1 aliphatic rings. The van der Waals surface area contributed by atoms with E-state index in [1.54, 1.807) is 0 Å². The minimum absolute atomic E-state index is 0. The van der Waals surface area contributed by atoms with E-state index >= 15 is 0 Å². The second-order valence-electron chi connectivity index (χ2n) is 4.39. The van der Waals surface area contributed by atoms with Crippen molar-refractivity contribution in [3.05, 3.63) is 0 Å². The zero-order valence-corrected chi connectivity index (χ0v) is 7.88. The maximum atomic E-state index is 9.71. The first-order valence-corrected chi connectivity index (χ1v) is 4.79. The number of hydrogen-bond donors (Lipinski definition) is 1. The van der Waals surface area contributed by atoms with E-state index in [0.29, 0.717) is 11.8 Å². The Morgan fingerprint density at radius 1 is 1.25 bits per heavy atom. The Hall–Kier alpha value is 0.960. The van der Waals surface area contributed by atoms with Crippen LogP contribution in [0.25, 0.3) is 0 Å². The summed E-state index contributed by atoms with van der Waals surface area (Å²) in [6.07, 6.45) is 3.52. The minimum atomic E-state index is -0.0289. The fraction of sp³-hybridized carbons (Fsp3) is 1.00. The van der Waals surface area contributed by atoms with E-state index in [0.717, 1.165) is 12.3 Å². The zero-order valence-electron chi connectivity index (χ0n) is 7.88. The molecular formula is C10H21NaO. The molecule has 0 aromatic carbocycles. The van der Waals surface area contributed by atoms with Gasteiger partial charge in [-0.1, -0.05) is 27.2 Å². The van der Waals surface area contributed by atoms with Crippen molar-refractivity contribution in [2.24, 2.45) is 17.8 Å². The van der Waals surface area contributed by atoms with Gasteiger partial charge in [-0.05, 0) is 30.6 Å². The number of hydrogen-bond acceptors (Lipinski definition) is 1. The van der Waals surface area contributed by atoms with Gasteiger partial charge in [-0.2, -0.15) is 0 Å². The number of rotatable bonds is 1. The standard InChI is InChI=1S/C10H20O.Na.H/c1-7(2)9-5-4-8(3)6-10(9)11;;/h7-11H,4-6H2,1-3H3;;/t8-,9+,10-;;/m0../s1. The van der Waals surface area contributed by atoms with Gasteiger partial charge in [0.1, 0.15) is 0 Å². The van der Waals surface area contributed by atoms with Crippen LogP contribution < -0.4 is 0 Å². The summed E-state index contributed by atoms with van der Waals surface area (Å²) in [5.41, 5.74) is 0. The number of aliphatic hydroxyl groups is 1. The van der Waals surface area contributed by atoms with Gasteiger partial charge in [0.05, 0.1) is 6.10 Å². The van der Waals surface area contributed by atoms with Crippen molar-refractivity contribution in [1.29, 1.82) is 0 Å². The first-order valence-electron chi connectivity index (χ1n) is 4.79. The van der Waals surface area contributed by atoms with Gasteiger partial charge in [0.25, 0.3) is 0 Å². The van der Waals surface area contributed by atoms with E-state index in [2.05, 4.69) is 20.8 Å². The summed E-state index contributed by atoms with van der Waals surface area (Å²) in [7, 11) is 0. The molecule has 0 bridgehead atoms. The van der Waals surface area contributed by atoms with Gasteiger partial charge in [0, 0.05) is 0 Å². The van der Waals surface area contributed by atoms with Crippen molar-refractivity contribution >= 4 is 29.6 Å². The van der Waals surface area contributed by atoms with E-state index in [4.69, 9.17) is 0 Å². The monoisotopic (exact) mass is 180 g/mol. The Balaban J connectivity index is 0.00000121. The summed E-state index contributed by atoms with van der Waals surface area (Å²) in [6, 6.07) is 0. The molecule has 3 atom stereocenters. The molecule has 0 aliphatic heterocycles. The first kappa shape index (κ1) is 13.0. The van der Waals surface area contributed by atoms with E-state index in [1.165, 1.54) is 12.8 Å². The van der Waals surface area contributed by atoms with E-state index < -0.39 is 0 Å². The van der Waals surface area contributed by atoms with E-state index in [1.807, 2.05) is 0 Å². The average molecular weight is 180 g/mol. The molecule has 12 heavy (non-hydrogen) atoms. The van der Waals surface area contributed by atoms with Gasteiger partial charge in [-0.3, -0.25) is 0 Å². The van der Waals surface area contributed by atoms with Gasteiger partial charge in [0.15, 0.2) is 0 Å². The molecule has 1 aliphatic carbocycles. The molecule has 0 aromatic rings. The maximum absolute atomic E-state index is 9.71. The Morgan fingerprint density at radius 2 is 1.83 bits per heavy atom.